The van der Waals surface area contributed by atoms with Crippen molar-refractivity contribution in [2.75, 3.05) is 51.9 Å². The summed E-state index contributed by atoms with van der Waals surface area (Å²) in [6.07, 6.45) is 5.39. The molecule has 0 aliphatic carbocycles. The number of piperidine rings is 2. The van der Waals surface area contributed by atoms with Crippen LogP contribution in [0.3, 0.4) is 0 Å². The Hall–Kier alpha value is -1.89. The zero-order valence-corrected chi connectivity index (χ0v) is 14.5. The van der Waals surface area contributed by atoms with Gasteiger partial charge in [-0.05, 0) is 19.3 Å². The number of methoxy groups -OCH3 is 2. The average molecular weight is 334 g/mol. The molecule has 3 rings (SSSR count). The SMILES string of the molecule is COCCN1C[C@]2(CCCN(c3cc(OC)ncn3)C2)CCC1=O. The van der Waals surface area contributed by atoms with Gasteiger partial charge in [0.15, 0.2) is 0 Å². The third kappa shape index (κ3) is 3.61. The van der Waals surface area contributed by atoms with Crippen LogP contribution in [0.5, 0.6) is 5.88 Å². The van der Waals surface area contributed by atoms with Gasteiger partial charge in [0.2, 0.25) is 11.8 Å². The molecule has 1 aromatic heterocycles. The van der Waals surface area contributed by atoms with E-state index in [2.05, 4.69) is 14.9 Å². The number of carbonyl (C=O) groups is 1. The molecule has 1 aromatic rings. The molecular weight excluding hydrogens is 308 g/mol. The zero-order valence-electron chi connectivity index (χ0n) is 14.5. The lowest BCUT2D eigenvalue weighted by Crippen LogP contribution is -2.54. The van der Waals surface area contributed by atoms with Crippen molar-refractivity contribution < 1.29 is 14.3 Å². The van der Waals surface area contributed by atoms with E-state index in [1.54, 1.807) is 20.5 Å². The maximum absolute atomic E-state index is 12.2. The summed E-state index contributed by atoms with van der Waals surface area (Å²) in [5, 5.41) is 0. The van der Waals surface area contributed by atoms with E-state index < -0.39 is 0 Å². The number of likely N-dealkylation sites (tertiary alicyclic amines) is 1. The van der Waals surface area contributed by atoms with Gasteiger partial charge >= 0.3 is 0 Å². The molecule has 0 bridgehead atoms. The molecule has 2 saturated heterocycles. The molecule has 0 aromatic carbocycles. The van der Waals surface area contributed by atoms with Gasteiger partial charge in [0.05, 0.1) is 13.7 Å². The maximum atomic E-state index is 12.2. The lowest BCUT2D eigenvalue weighted by molar-refractivity contribution is -0.138. The predicted molar refractivity (Wildman–Crippen MR) is 90.2 cm³/mol. The molecule has 1 amide bonds. The summed E-state index contributed by atoms with van der Waals surface area (Å²) in [6.45, 7) is 3.98. The van der Waals surface area contributed by atoms with Crippen molar-refractivity contribution in [3.05, 3.63) is 12.4 Å². The first-order valence-corrected chi connectivity index (χ1v) is 8.53. The molecule has 7 nitrogen and oxygen atoms in total. The Morgan fingerprint density at radius 1 is 1.25 bits per heavy atom. The average Bonchev–Trinajstić information content (AvgIpc) is 2.63. The van der Waals surface area contributed by atoms with Gasteiger partial charge in [0, 0.05) is 51.2 Å². The van der Waals surface area contributed by atoms with Gasteiger partial charge in [0.25, 0.3) is 0 Å². The number of rotatable bonds is 5. The van der Waals surface area contributed by atoms with Gasteiger partial charge in [0.1, 0.15) is 12.1 Å². The maximum Gasteiger partial charge on any atom is 0.222 e. The van der Waals surface area contributed by atoms with E-state index >= 15 is 0 Å². The fraction of sp³-hybridized carbons (Fsp3) is 0.706. The molecule has 0 saturated carbocycles. The molecule has 24 heavy (non-hydrogen) atoms. The van der Waals surface area contributed by atoms with Crippen molar-refractivity contribution in [2.24, 2.45) is 5.41 Å². The molecule has 2 aliphatic heterocycles. The van der Waals surface area contributed by atoms with Gasteiger partial charge in [-0.3, -0.25) is 4.79 Å². The Morgan fingerprint density at radius 2 is 2.12 bits per heavy atom. The molecule has 132 valence electrons. The summed E-state index contributed by atoms with van der Waals surface area (Å²) in [5.41, 5.74) is 0.151. The van der Waals surface area contributed by atoms with Crippen LogP contribution >= 0.6 is 0 Å². The zero-order chi connectivity index (χ0) is 17.0. The smallest absolute Gasteiger partial charge is 0.222 e. The van der Waals surface area contributed by atoms with Crippen LogP contribution in [-0.4, -0.2) is 67.8 Å². The number of anilines is 1. The highest BCUT2D eigenvalue weighted by molar-refractivity contribution is 5.77. The second-order valence-electron chi connectivity index (χ2n) is 6.75. The van der Waals surface area contributed by atoms with Gasteiger partial charge in [-0.2, -0.15) is 0 Å². The third-order valence-electron chi connectivity index (χ3n) is 5.14. The summed E-state index contributed by atoms with van der Waals surface area (Å²) in [6, 6.07) is 1.88. The summed E-state index contributed by atoms with van der Waals surface area (Å²) in [7, 11) is 3.29. The number of hydrogen-bond donors (Lipinski definition) is 0. The van der Waals surface area contributed by atoms with Crippen LogP contribution in [0.1, 0.15) is 25.7 Å². The van der Waals surface area contributed by atoms with Crippen LogP contribution in [0.25, 0.3) is 0 Å². The Balaban J connectivity index is 1.72. The Bertz CT molecular complexity index is 583. The van der Waals surface area contributed by atoms with Gasteiger partial charge < -0.3 is 19.3 Å². The molecule has 1 atom stereocenters. The lowest BCUT2D eigenvalue weighted by atomic mass is 9.73. The number of amides is 1. The Morgan fingerprint density at radius 3 is 2.92 bits per heavy atom. The second kappa shape index (κ2) is 7.34. The molecule has 3 heterocycles. The summed E-state index contributed by atoms with van der Waals surface area (Å²) in [5.74, 6) is 1.74. The van der Waals surface area contributed by atoms with Gasteiger partial charge in [-0.1, -0.05) is 0 Å². The quantitative estimate of drug-likeness (QED) is 0.809. The highest BCUT2D eigenvalue weighted by Crippen LogP contribution is 2.40. The lowest BCUT2D eigenvalue weighted by Gasteiger charge is -2.48. The van der Waals surface area contributed by atoms with E-state index in [0.717, 1.165) is 44.7 Å². The van der Waals surface area contributed by atoms with E-state index in [1.165, 1.54) is 0 Å². The monoisotopic (exact) mass is 334 g/mol. The predicted octanol–water partition coefficient (Wildman–Crippen LogP) is 1.34. The molecule has 7 heteroatoms. The number of nitrogens with zero attached hydrogens (tertiary/aromatic N) is 4. The van der Waals surface area contributed by atoms with Crippen molar-refractivity contribution in [1.29, 1.82) is 0 Å². The summed E-state index contributed by atoms with van der Waals surface area (Å²) in [4.78, 5) is 24.9. The number of ether oxygens (including phenoxy) is 2. The van der Waals surface area contributed by atoms with Crippen LogP contribution in [0.2, 0.25) is 0 Å². The van der Waals surface area contributed by atoms with E-state index in [9.17, 15) is 4.79 Å². The molecular formula is C17H26N4O3. The summed E-state index contributed by atoms with van der Waals surface area (Å²) >= 11 is 0. The number of hydrogen-bond acceptors (Lipinski definition) is 6. The van der Waals surface area contributed by atoms with Crippen molar-refractivity contribution in [3.63, 3.8) is 0 Å². The van der Waals surface area contributed by atoms with E-state index in [1.807, 2.05) is 11.0 Å². The van der Waals surface area contributed by atoms with E-state index in [-0.39, 0.29) is 11.3 Å². The van der Waals surface area contributed by atoms with E-state index in [4.69, 9.17) is 9.47 Å². The van der Waals surface area contributed by atoms with Gasteiger partial charge in [-0.15, -0.1) is 0 Å². The highest BCUT2D eigenvalue weighted by Gasteiger charge is 2.41. The van der Waals surface area contributed by atoms with Crippen LogP contribution < -0.4 is 9.64 Å². The fourth-order valence-electron chi connectivity index (χ4n) is 3.86. The number of carbonyl (C=O) groups excluding carboxylic acids is 1. The third-order valence-corrected chi connectivity index (χ3v) is 5.14. The minimum absolute atomic E-state index is 0.151. The normalized spacial score (nSPS) is 24.5. The Labute approximate surface area is 143 Å². The molecule has 0 radical (unpaired) electrons. The largest absolute Gasteiger partial charge is 0.481 e. The minimum atomic E-state index is 0.151. The first-order valence-electron chi connectivity index (χ1n) is 8.53. The van der Waals surface area contributed by atoms with Crippen LogP contribution in [0, 0.1) is 5.41 Å². The molecule has 0 N–H and O–H groups in total. The van der Waals surface area contributed by atoms with Crippen molar-refractivity contribution in [3.8, 4) is 5.88 Å². The molecule has 2 fully saturated rings. The van der Waals surface area contributed by atoms with Crippen molar-refractivity contribution in [1.82, 2.24) is 14.9 Å². The standard InChI is InChI=1S/C17H26N4O3/c1-23-9-8-21-12-17(6-4-16(21)22)5-3-7-20(11-17)14-10-15(24-2)19-13-18-14/h10,13H,3-9,11-12H2,1-2H3/t17-/m1/s1. The topological polar surface area (TPSA) is 67.8 Å². The van der Waals surface area contributed by atoms with E-state index in [0.29, 0.717) is 25.5 Å². The fourth-order valence-corrected chi connectivity index (χ4v) is 3.86. The van der Waals surface area contributed by atoms with Crippen molar-refractivity contribution >= 4 is 11.7 Å². The molecule has 0 unspecified atom stereocenters. The highest BCUT2D eigenvalue weighted by atomic mass is 16.5. The van der Waals surface area contributed by atoms with Crippen LogP contribution in [-0.2, 0) is 9.53 Å². The van der Waals surface area contributed by atoms with Gasteiger partial charge in [-0.25, -0.2) is 9.97 Å². The molecule has 2 aliphatic rings. The Kier molecular flexibility index (Phi) is 5.18. The molecule has 1 spiro atoms. The summed E-state index contributed by atoms with van der Waals surface area (Å²) < 4.78 is 10.4. The van der Waals surface area contributed by atoms with Crippen LogP contribution in [0.15, 0.2) is 12.4 Å². The van der Waals surface area contributed by atoms with Crippen molar-refractivity contribution in [2.45, 2.75) is 25.7 Å². The second-order valence-corrected chi connectivity index (χ2v) is 6.75. The van der Waals surface area contributed by atoms with Crippen LogP contribution in [0.4, 0.5) is 5.82 Å². The first-order chi connectivity index (χ1) is 11.7. The minimum Gasteiger partial charge on any atom is -0.481 e. The number of aromatic nitrogens is 2. The first kappa shape index (κ1) is 17.0.